The number of rotatable bonds is 8. The van der Waals surface area contributed by atoms with Crippen LogP contribution < -0.4 is 5.32 Å². The van der Waals surface area contributed by atoms with E-state index in [1.54, 1.807) is 24.3 Å². The van der Waals surface area contributed by atoms with Crippen LogP contribution in [0.15, 0.2) is 78.9 Å². The monoisotopic (exact) mass is 602 g/mol. The number of nitrogens with one attached hydrogen (secondary N) is 1. The van der Waals surface area contributed by atoms with Crippen LogP contribution >= 0.6 is 23.2 Å². The van der Waals surface area contributed by atoms with Crippen LogP contribution in [0.5, 0.6) is 5.75 Å². The molecule has 1 atom stereocenters. The van der Waals surface area contributed by atoms with E-state index in [0.29, 0.717) is 23.3 Å². The van der Waals surface area contributed by atoms with Crippen molar-refractivity contribution >= 4 is 29.1 Å². The Morgan fingerprint density at radius 2 is 1.74 bits per heavy atom. The van der Waals surface area contributed by atoms with Gasteiger partial charge in [-0.15, -0.1) is 0 Å². The lowest BCUT2D eigenvalue weighted by molar-refractivity contribution is -0.134. The number of amides is 1. The largest absolute Gasteiger partial charge is 0.508 e. The number of benzene rings is 3. The predicted octanol–water partition coefficient (Wildman–Crippen LogP) is 8.80. The number of carbonyl (C=O) groups excluding carboxylic acids is 1. The second-order valence-corrected chi connectivity index (χ2v) is 13.4. The molecule has 1 unspecified atom stereocenters. The summed E-state index contributed by atoms with van der Waals surface area (Å²) in [5.74, 6) is 0.111. The van der Waals surface area contributed by atoms with Gasteiger partial charge in [0.15, 0.2) is 0 Å². The third-order valence-electron chi connectivity index (χ3n) is 7.77. The lowest BCUT2D eigenvalue weighted by Gasteiger charge is -2.38. The van der Waals surface area contributed by atoms with E-state index in [0.717, 1.165) is 52.0 Å². The summed E-state index contributed by atoms with van der Waals surface area (Å²) in [6.07, 6.45) is 1.52. The molecule has 1 aromatic heterocycles. The van der Waals surface area contributed by atoms with Crippen molar-refractivity contribution in [1.29, 1.82) is 0 Å². The molecule has 42 heavy (non-hydrogen) atoms. The Bertz CT molecular complexity index is 1580. The minimum atomic E-state index is -0.736. The highest BCUT2D eigenvalue weighted by Gasteiger charge is 2.38. The fraction of sp³-hybridized carbons (Fsp3) is 0.314. The summed E-state index contributed by atoms with van der Waals surface area (Å²) in [4.78, 5) is 18.9. The van der Waals surface area contributed by atoms with Crippen molar-refractivity contribution in [2.75, 3.05) is 6.61 Å². The van der Waals surface area contributed by atoms with E-state index >= 15 is 0 Å². The molecular weight excluding hydrogens is 567 g/mol. The van der Waals surface area contributed by atoms with Crippen molar-refractivity contribution in [1.82, 2.24) is 10.3 Å². The Morgan fingerprint density at radius 1 is 1.02 bits per heavy atom. The highest BCUT2D eigenvalue weighted by atomic mass is 35.5. The van der Waals surface area contributed by atoms with Crippen molar-refractivity contribution in [2.45, 2.75) is 53.2 Å². The number of nitrogens with zero attached hydrogens (tertiary/aromatic N) is 1. The average Bonchev–Trinajstić information content (AvgIpc) is 2.93. The SMILES string of the molecule is CC1(C)Cc2nc(-c3ccc(Cl)cc3Cl)c(-c3ccc(O)cc3)cc2C(NC(=O)C(C)(C)COCc2ccccc2)C1. The Morgan fingerprint density at radius 3 is 2.43 bits per heavy atom. The fourth-order valence-corrected chi connectivity index (χ4v) is 5.99. The lowest BCUT2D eigenvalue weighted by atomic mass is 9.73. The molecule has 1 aliphatic carbocycles. The molecule has 1 heterocycles. The van der Waals surface area contributed by atoms with Gasteiger partial charge < -0.3 is 15.2 Å². The molecule has 3 aromatic carbocycles. The number of halogens is 2. The molecule has 0 spiro atoms. The van der Waals surface area contributed by atoms with Crippen LogP contribution in [0.2, 0.25) is 10.0 Å². The maximum absolute atomic E-state index is 13.7. The maximum atomic E-state index is 13.7. The molecule has 0 bridgehead atoms. The van der Waals surface area contributed by atoms with Gasteiger partial charge in [-0.25, -0.2) is 0 Å². The minimum absolute atomic E-state index is 0.0692. The van der Waals surface area contributed by atoms with Crippen LogP contribution in [0.3, 0.4) is 0 Å². The van der Waals surface area contributed by atoms with E-state index < -0.39 is 5.41 Å². The molecule has 1 amide bonds. The molecule has 5 rings (SSSR count). The van der Waals surface area contributed by atoms with Crippen molar-refractivity contribution in [3.8, 4) is 28.1 Å². The third-order valence-corrected chi connectivity index (χ3v) is 8.32. The number of ether oxygens (including phenoxy) is 1. The highest BCUT2D eigenvalue weighted by Crippen LogP contribution is 2.45. The van der Waals surface area contributed by atoms with Crippen LogP contribution in [-0.4, -0.2) is 22.6 Å². The number of carbonyl (C=O) groups is 1. The van der Waals surface area contributed by atoms with Gasteiger partial charge in [0.25, 0.3) is 0 Å². The Balaban J connectivity index is 1.49. The van der Waals surface area contributed by atoms with Gasteiger partial charge in [-0.3, -0.25) is 9.78 Å². The Kier molecular flexibility index (Phi) is 8.66. The second-order valence-electron chi connectivity index (χ2n) is 12.5. The molecule has 0 fully saturated rings. The summed E-state index contributed by atoms with van der Waals surface area (Å²) in [5, 5.41) is 14.3. The number of aromatic nitrogens is 1. The first-order chi connectivity index (χ1) is 19.9. The summed E-state index contributed by atoms with van der Waals surface area (Å²) >= 11 is 12.9. The molecule has 5 nitrogen and oxygen atoms in total. The fourth-order valence-electron chi connectivity index (χ4n) is 5.49. The van der Waals surface area contributed by atoms with E-state index in [2.05, 4.69) is 25.2 Å². The molecule has 4 aromatic rings. The number of pyridine rings is 1. The van der Waals surface area contributed by atoms with Gasteiger partial charge in [-0.2, -0.15) is 0 Å². The average molecular weight is 604 g/mol. The lowest BCUT2D eigenvalue weighted by Crippen LogP contribution is -2.44. The summed E-state index contributed by atoms with van der Waals surface area (Å²) in [6, 6.07) is 24.3. The number of phenols is 1. The van der Waals surface area contributed by atoms with Crippen molar-refractivity contribution in [2.24, 2.45) is 10.8 Å². The molecule has 1 aliphatic rings. The summed E-state index contributed by atoms with van der Waals surface area (Å²) < 4.78 is 5.96. The quantitative estimate of drug-likeness (QED) is 0.211. The van der Waals surface area contributed by atoms with Crippen LogP contribution in [0.1, 0.15) is 57.0 Å². The zero-order valence-electron chi connectivity index (χ0n) is 24.4. The summed E-state index contributed by atoms with van der Waals surface area (Å²) in [7, 11) is 0. The molecule has 0 radical (unpaired) electrons. The zero-order valence-corrected chi connectivity index (χ0v) is 25.9. The maximum Gasteiger partial charge on any atom is 0.228 e. The minimum Gasteiger partial charge on any atom is -0.508 e. The van der Waals surface area contributed by atoms with Crippen LogP contribution in [0.25, 0.3) is 22.4 Å². The first-order valence-corrected chi connectivity index (χ1v) is 14.9. The van der Waals surface area contributed by atoms with Gasteiger partial charge in [-0.1, -0.05) is 79.5 Å². The van der Waals surface area contributed by atoms with Crippen molar-refractivity contribution < 1.29 is 14.6 Å². The molecule has 7 heteroatoms. The van der Waals surface area contributed by atoms with E-state index in [1.807, 2.05) is 62.4 Å². The van der Waals surface area contributed by atoms with Gasteiger partial charge in [0, 0.05) is 21.8 Å². The standard InChI is InChI=1S/C35H36Cl2N2O3/c1-34(2)18-30-28(31(19-34)39-33(41)35(3,4)21-42-20-22-8-6-5-7-9-22)17-27(23-10-13-25(40)14-11-23)32(38-30)26-15-12-24(36)16-29(26)37/h5-17,31,40H,18-21H2,1-4H3,(H,39,41). The van der Waals surface area contributed by atoms with Gasteiger partial charge in [-0.05, 0) is 85.2 Å². The third kappa shape index (κ3) is 6.81. The number of hydrogen-bond donors (Lipinski definition) is 2. The van der Waals surface area contributed by atoms with Crippen LogP contribution in [0, 0.1) is 10.8 Å². The number of hydrogen-bond acceptors (Lipinski definition) is 4. The first-order valence-electron chi connectivity index (χ1n) is 14.1. The van der Waals surface area contributed by atoms with Gasteiger partial charge in [0.05, 0.1) is 35.4 Å². The van der Waals surface area contributed by atoms with E-state index in [9.17, 15) is 9.90 Å². The van der Waals surface area contributed by atoms with Crippen LogP contribution in [-0.2, 0) is 22.6 Å². The second kappa shape index (κ2) is 12.1. The van der Waals surface area contributed by atoms with Crippen molar-refractivity contribution in [3.05, 3.63) is 106 Å². The number of aromatic hydroxyl groups is 1. The predicted molar refractivity (Wildman–Crippen MR) is 170 cm³/mol. The molecular formula is C35H36Cl2N2O3. The smallest absolute Gasteiger partial charge is 0.228 e. The molecule has 0 aliphatic heterocycles. The zero-order chi connectivity index (χ0) is 30.1. The van der Waals surface area contributed by atoms with E-state index in [-0.39, 0.29) is 23.1 Å². The summed E-state index contributed by atoms with van der Waals surface area (Å²) in [5.41, 5.74) is 5.41. The molecule has 0 saturated carbocycles. The topological polar surface area (TPSA) is 71.5 Å². The Labute approximate surface area is 257 Å². The van der Waals surface area contributed by atoms with E-state index in [4.69, 9.17) is 32.9 Å². The van der Waals surface area contributed by atoms with Crippen LogP contribution in [0.4, 0.5) is 0 Å². The molecule has 0 saturated heterocycles. The number of phenolic OH excluding ortho intramolecular Hbond substituents is 1. The molecule has 2 N–H and O–H groups in total. The van der Waals surface area contributed by atoms with E-state index in [1.165, 1.54) is 0 Å². The summed E-state index contributed by atoms with van der Waals surface area (Å²) in [6.45, 7) is 8.97. The Hall–Kier alpha value is -3.38. The van der Waals surface area contributed by atoms with Gasteiger partial charge in [0.2, 0.25) is 5.91 Å². The number of fused-ring (bicyclic) bond motifs is 1. The normalized spacial score (nSPS) is 16.1. The first kappa shape index (κ1) is 30.1. The highest BCUT2D eigenvalue weighted by molar-refractivity contribution is 6.36. The molecule has 218 valence electrons. The van der Waals surface area contributed by atoms with Gasteiger partial charge >= 0.3 is 0 Å². The van der Waals surface area contributed by atoms with Gasteiger partial charge in [0.1, 0.15) is 5.75 Å². The van der Waals surface area contributed by atoms with Crippen molar-refractivity contribution in [3.63, 3.8) is 0 Å².